The number of carbonyl (C=O) groups excluding carboxylic acids is 3. The smallest absolute Gasteiger partial charge is 0.277 e. The van der Waals surface area contributed by atoms with Gasteiger partial charge < -0.3 is 0 Å². The first-order valence-electron chi connectivity index (χ1n) is 7.69. The largest absolute Gasteiger partial charge is 0.331 e. The fourth-order valence-corrected chi connectivity index (χ4v) is 3.02. The van der Waals surface area contributed by atoms with E-state index in [0.717, 1.165) is 5.56 Å². The molecule has 0 aromatic heterocycles. The molecule has 1 aliphatic rings. The Morgan fingerprint density at radius 1 is 1.09 bits per heavy atom. The summed E-state index contributed by atoms with van der Waals surface area (Å²) < 4.78 is 0. The van der Waals surface area contributed by atoms with Crippen molar-refractivity contribution in [2.75, 3.05) is 0 Å². The molecule has 1 saturated heterocycles. The first-order valence-corrected chi connectivity index (χ1v) is 7.69. The Morgan fingerprint density at radius 2 is 1.68 bits per heavy atom. The van der Waals surface area contributed by atoms with Crippen LogP contribution in [0.5, 0.6) is 0 Å². The minimum absolute atomic E-state index is 0.305. The third-order valence-electron chi connectivity index (χ3n) is 4.52. The Labute approximate surface area is 130 Å². The molecule has 1 atom stereocenters. The normalized spacial score (nSPS) is 19.0. The van der Waals surface area contributed by atoms with Crippen molar-refractivity contribution in [3.05, 3.63) is 35.9 Å². The Balaban J connectivity index is 2.27. The zero-order valence-electron chi connectivity index (χ0n) is 13.3. The van der Waals surface area contributed by atoms with Crippen molar-refractivity contribution in [2.45, 2.75) is 46.1 Å². The fourth-order valence-electron chi connectivity index (χ4n) is 3.02. The SMILES string of the molecule is CCC1(CC)C(=O)NC(=O)N(C(C)Cc2ccccc2)C1=O. The maximum Gasteiger partial charge on any atom is 0.331 e. The van der Waals surface area contributed by atoms with Crippen LogP contribution in [0.1, 0.15) is 39.2 Å². The minimum Gasteiger partial charge on any atom is -0.277 e. The molecule has 118 valence electrons. The van der Waals surface area contributed by atoms with E-state index in [0.29, 0.717) is 19.3 Å². The van der Waals surface area contributed by atoms with Crippen LogP contribution in [0.25, 0.3) is 0 Å². The Morgan fingerprint density at radius 3 is 2.23 bits per heavy atom. The van der Waals surface area contributed by atoms with Gasteiger partial charge in [0.25, 0.3) is 0 Å². The van der Waals surface area contributed by atoms with Gasteiger partial charge in [-0.1, -0.05) is 44.2 Å². The number of hydrogen-bond donors (Lipinski definition) is 1. The molecule has 1 heterocycles. The van der Waals surface area contributed by atoms with Gasteiger partial charge in [-0.2, -0.15) is 0 Å². The predicted octanol–water partition coefficient (Wildman–Crippen LogP) is 2.50. The molecule has 1 fully saturated rings. The van der Waals surface area contributed by atoms with E-state index in [1.165, 1.54) is 4.90 Å². The van der Waals surface area contributed by atoms with Crippen molar-refractivity contribution < 1.29 is 14.4 Å². The van der Waals surface area contributed by atoms with Crippen molar-refractivity contribution in [2.24, 2.45) is 5.41 Å². The molecule has 0 aliphatic carbocycles. The van der Waals surface area contributed by atoms with Gasteiger partial charge in [0.05, 0.1) is 0 Å². The van der Waals surface area contributed by atoms with Crippen LogP contribution in [-0.4, -0.2) is 28.8 Å². The lowest BCUT2D eigenvalue weighted by atomic mass is 9.78. The van der Waals surface area contributed by atoms with Gasteiger partial charge in [-0.25, -0.2) is 4.79 Å². The third-order valence-corrected chi connectivity index (χ3v) is 4.52. The van der Waals surface area contributed by atoms with Crippen LogP contribution in [0.15, 0.2) is 30.3 Å². The van der Waals surface area contributed by atoms with E-state index in [2.05, 4.69) is 5.32 Å². The number of carbonyl (C=O) groups is 3. The fraction of sp³-hybridized carbons (Fsp3) is 0.471. The zero-order valence-corrected chi connectivity index (χ0v) is 13.3. The summed E-state index contributed by atoms with van der Waals surface area (Å²) in [6.07, 6.45) is 1.34. The van der Waals surface area contributed by atoms with Gasteiger partial charge in [0.1, 0.15) is 5.41 Å². The van der Waals surface area contributed by atoms with Crippen LogP contribution in [0, 0.1) is 5.41 Å². The summed E-state index contributed by atoms with van der Waals surface area (Å²) >= 11 is 0. The first kappa shape index (κ1) is 16.2. The molecule has 1 unspecified atom stereocenters. The highest BCUT2D eigenvalue weighted by Crippen LogP contribution is 2.33. The summed E-state index contributed by atoms with van der Waals surface area (Å²) in [6.45, 7) is 5.43. The molecular weight excluding hydrogens is 280 g/mol. The first-order chi connectivity index (χ1) is 10.5. The highest BCUT2D eigenvalue weighted by Gasteiger charge is 2.52. The van der Waals surface area contributed by atoms with Crippen molar-refractivity contribution in [3.63, 3.8) is 0 Å². The van der Waals surface area contributed by atoms with E-state index in [1.54, 1.807) is 13.8 Å². The number of amides is 4. The lowest BCUT2D eigenvalue weighted by Crippen LogP contribution is -2.65. The quantitative estimate of drug-likeness (QED) is 0.850. The molecule has 1 aromatic carbocycles. The summed E-state index contributed by atoms with van der Waals surface area (Å²) in [5.41, 5.74) is -0.0788. The van der Waals surface area contributed by atoms with E-state index in [1.807, 2.05) is 37.3 Å². The van der Waals surface area contributed by atoms with Crippen LogP contribution in [0.3, 0.4) is 0 Å². The number of rotatable bonds is 5. The zero-order chi connectivity index (χ0) is 16.3. The lowest BCUT2D eigenvalue weighted by Gasteiger charge is -2.40. The van der Waals surface area contributed by atoms with E-state index < -0.39 is 17.4 Å². The van der Waals surface area contributed by atoms with Gasteiger partial charge in [0.15, 0.2) is 0 Å². The second kappa shape index (κ2) is 6.30. The highest BCUT2D eigenvalue weighted by molar-refractivity contribution is 6.19. The number of hydrogen-bond acceptors (Lipinski definition) is 3. The Kier molecular flexibility index (Phi) is 4.64. The number of nitrogens with zero attached hydrogens (tertiary/aromatic N) is 1. The number of urea groups is 1. The monoisotopic (exact) mass is 302 g/mol. The second-order valence-electron chi connectivity index (χ2n) is 5.76. The molecule has 5 heteroatoms. The molecule has 5 nitrogen and oxygen atoms in total. The van der Waals surface area contributed by atoms with Crippen molar-refractivity contribution in [1.82, 2.24) is 10.2 Å². The molecule has 0 spiro atoms. The van der Waals surface area contributed by atoms with Gasteiger partial charge in [0.2, 0.25) is 11.8 Å². The van der Waals surface area contributed by atoms with Crippen LogP contribution in [0.4, 0.5) is 4.79 Å². The predicted molar refractivity (Wildman–Crippen MR) is 83.0 cm³/mol. The van der Waals surface area contributed by atoms with Crippen molar-refractivity contribution >= 4 is 17.8 Å². The molecule has 0 radical (unpaired) electrons. The van der Waals surface area contributed by atoms with Gasteiger partial charge in [0, 0.05) is 6.04 Å². The number of imide groups is 2. The third kappa shape index (κ3) is 2.63. The van der Waals surface area contributed by atoms with Crippen LogP contribution in [0.2, 0.25) is 0 Å². The standard InChI is InChI=1S/C17H22N2O3/c1-4-17(5-2)14(20)18-16(22)19(15(17)21)12(3)11-13-9-7-6-8-10-13/h6-10,12H,4-5,11H2,1-3H3,(H,18,20,22). The van der Waals surface area contributed by atoms with Gasteiger partial charge >= 0.3 is 6.03 Å². The summed E-state index contributed by atoms with van der Waals surface area (Å²) in [4.78, 5) is 38.3. The van der Waals surface area contributed by atoms with E-state index in [-0.39, 0.29) is 11.9 Å². The van der Waals surface area contributed by atoms with E-state index in [4.69, 9.17) is 0 Å². The van der Waals surface area contributed by atoms with Gasteiger partial charge in [-0.15, -0.1) is 0 Å². The summed E-state index contributed by atoms with van der Waals surface area (Å²) in [5, 5.41) is 2.35. The number of barbiturate groups is 1. The Bertz CT molecular complexity index is 579. The molecule has 1 aromatic rings. The molecule has 2 rings (SSSR count). The van der Waals surface area contributed by atoms with E-state index in [9.17, 15) is 14.4 Å². The van der Waals surface area contributed by atoms with Gasteiger partial charge in [-0.05, 0) is 31.7 Å². The maximum absolute atomic E-state index is 12.8. The number of nitrogens with one attached hydrogen (secondary N) is 1. The van der Waals surface area contributed by atoms with E-state index >= 15 is 0 Å². The second-order valence-corrected chi connectivity index (χ2v) is 5.76. The van der Waals surface area contributed by atoms with Crippen molar-refractivity contribution in [1.29, 1.82) is 0 Å². The summed E-state index contributed by atoms with van der Waals surface area (Å²) in [6, 6.07) is 8.77. The molecule has 0 saturated carbocycles. The van der Waals surface area contributed by atoms with Crippen molar-refractivity contribution in [3.8, 4) is 0 Å². The summed E-state index contributed by atoms with van der Waals surface area (Å²) in [5.74, 6) is -0.856. The number of benzene rings is 1. The molecule has 1 N–H and O–H groups in total. The lowest BCUT2D eigenvalue weighted by molar-refractivity contribution is -0.153. The van der Waals surface area contributed by atoms with Crippen LogP contribution >= 0.6 is 0 Å². The Hall–Kier alpha value is -2.17. The van der Waals surface area contributed by atoms with Crippen LogP contribution in [-0.2, 0) is 16.0 Å². The molecule has 22 heavy (non-hydrogen) atoms. The maximum atomic E-state index is 12.8. The average Bonchev–Trinajstić information content (AvgIpc) is 2.49. The average molecular weight is 302 g/mol. The highest BCUT2D eigenvalue weighted by atomic mass is 16.2. The summed E-state index contributed by atoms with van der Waals surface area (Å²) in [7, 11) is 0. The topological polar surface area (TPSA) is 66.5 Å². The van der Waals surface area contributed by atoms with Crippen LogP contribution < -0.4 is 5.32 Å². The molecule has 1 aliphatic heterocycles. The molecule has 0 bridgehead atoms. The van der Waals surface area contributed by atoms with Gasteiger partial charge in [-0.3, -0.25) is 19.8 Å². The molecule has 4 amide bonds. The minimum atomic E-state index is -1.13. The molecular formula is C17H22N2O3.